The van der Waals surface area contributed by atoms with E-state index in [0.29, 0.717) is 23.3 Å². The first-order valence-electron chi connectivity index (χ1n) is 12.6. The summed E-state index contributed by atoms with van der Waals surface area (Å²) < 4.78 is 11.0. The Morgan fingerprint density at radius 1 is 1.05 bits per heavy atom. The Labute approximate surface area is 220 Å². The lowest BCUT2D eigenvalue weighted by Gasteiger charge is -2.28. The maximum Gasteiger partial charge on any atom is 0.343 e. The molecule has 0 radical (unpaired) electrons. The van der Waals surface area contributed by atoms with Crippen molar-refractivity contribution in [2.75, 3.05) is 0 Å². The molecule has 4 nitrogen and oxygen atoms in total. The summed E-state index contributed by atoms with van der Waals surface area (Å²) in [6.45, 7) is 6.29. The first-order valence-corrected chi connectivity index (χ1v) is 12.6. The van der Waals surface area contributed by atoms with Crippen LogP contribution in [0.2, 0.25) is 0 Å². The summed E-state index contributed by atoms with van der Waals surface area (Å²) in [5.41, 5.74) is 3.04. The largest absolute Gasteiger partial charge is 0.441 e. The fraction of sp³-hybridized carbons (Fsp3) is 0.273. The molecule has 2 aliphatic rings. The lowest BCUT2D eigenvalue weighted by Crippen LogP contribution is -2.20. The summed E-state index contributed by atoms with van der Waals surface area (Å²) in [6, 6.07) is 7.59. The molecule has 0 aromatic heterocycles. The Hall–Kier alpha value is -4.10. The summed E-state index contributed by atoms with van der Waals surface area (Å²) in [5.74, 6) is 2.24. The van der Waals surface area contributed by atoms with Crippen LogP contribution in [0.1, 0.15) is 52.0 Å². The van der Waals surface area contributed by atoms with Crippen molar-refractivity contribution in [2.45, 2.75) is 58.0 Å². The van der Waals surface area contributed by atoms with E-state index in [4.69, 9.17) is 15.9 Å². The first kappa shape index (κ1) is 27.5. The van der Waals surface area contributed by atoms with Crippen LogP contribution < -0.4 is 4.74 Å². The van der Waals surface area contributed by atoms with Crippen LogP contribution in [-0.4, -0.2) is 18.0 Å². The van der Waals surface area contributed by atoms with Crippen molar-refractivity contribution >= 4 is 11.9 Å². The predicted molar refractivity (Wildman–Crippen MR) is 149 cm³/mol. The fourth-order valence-electron chi connectivity index (χ4n) is 4.14. The molecule has 4 heteroatoms. The molecule has 0 N–H and O–H groups in total. The molecule has 37 heavy (non-hydrogen) atoms. The van der Waals surface area contributed by atoms with Gasteiger partial charge < -0.3 is 9.47 Å². The molecule has 0 bridgehead atoms. The van der Waals surface area contributed by atoms with Gasteiger partial charge in [-0.2, -0.15) is 0 Å². The molecule has 1 aromatic rings. The van der Waals surface area contributed by atoms with Crippen LogP contribution in [0.15, 0.2) is 108 Å². The molecule has 0 saturated carbocycles. The maximum atomic E-state index is 12.5. The third-order valence-corrected chi connectivity index (χ3v) is 6.43. The number of carbonyl (C=O) groups is 2. The highest BCUT2D eigenvalue weighted by Gasteiger charge is 2.25. The average molecular weight is 495 g/mol. The third kappa shape index (κ3) is 7.69. The quantitative estimate of drug-likeness (QED) is 0.160. The van der Waals surface area contributed by atoms with Gasteiger partial charge in [0, 0.05) is 5.41 Å². The van der Waals surface area contributed by atoms with E-state index < -0.39 is 12.1 Å². The lowest BCUT2D eigenvalue weighted by atomic mass is 9.76. The van der Waals surface area contributed by atoms with E-state index in [1.54, 1.807) is 24.3 Å². The van der Waals surface area contributed by atoms with Gasteiger partial charge in [-0.3, -0.25) is 0 Å². The van der Waals surface area contributed by atoms with Gasteiger partial charge in [0.2, 0.25) is 0 Å². The molecule has 0 aliphatic heterocycles. The zero-order valence-electron chi connectivity index (χ0n) is 21.8. The van der Waals surface area contributed by atoms with Gasteiger partial charge in [0.05, 0.1) is 11.1 Å². The van der Waals surface area contributed by atoms with Crippen molar-refractivity contribution in [1.29, 1.82) is 0 Å². The second-order valence-corrected chi connectivity index (χ2v) is 9.31. The van der Waals surface area contributed by atoms with Crippen molar-refractivity contribution in [3.05, 3.63) is 113 Å². The first-order chi connectivity index (χ1) is 17.8. The SMILES string of the molecule is C#CC(/C=C\C/C(=C\C)C(C)(C)c1ccc(OC(=O)C2=CC=CCC=C2)cc1)OC(=O)C1=CCCC=C1. The van der Waals surface area contributed by atoms with Crippen LogP contribution >= 0.6 is 0 Å². The minimum Gasteiger partial charge on any atom is -0.441 e. The summed E-state index contributed by atoms with van der Waals surface area (Å²) in [6.07, 6.45) is 28.8. The molecular formula is C33H34O4. The van der Waals surface area contributed by atoms with Gasteiger partial charge in [-0.15, -0.1) is 6.42 Å². The van der Waals surface area contributed by atoms with Gasteiger partial charge in [0.25, 0.3) is 0 Å². The fourth-order valence-corrected chi connectivity index (χ4v) is 4.14. The minimum absolute atomic E-state index is 0.279. The molecule has 0 saturated heterocycles. The second kappa shape index (κ2) is 13.3. The van der Waals surface area contributed by atoms with E-state index in [1.165, 1.54) is 5.57 Å². The van der Waals surface area contributed by atoms with Crippen LogP contribution in [0.25, 0.3) is 0 Å². The van der Waals surface area contributed by atoms with Crippen LogP contribution in [-0.2, 0) is 19.7 Å². The molecule has 2 aliphatic carbocycles. The predicted octanol–water partition coefficient (Wildman–Crippen LogP) is 7.03. The minimum atomic E-state index is -0.729. The number of hydrogen-bond acceptors (Lipinski definition) is 4. The third-order valence-electron chi connectivity index (χ3n) is 6.43. The Morgan fingerprint density at radius 2 is 1.81 bits per heavy atom. The van der Waals surface area contributed by atoms with Crippen molar-refractivity contribution in [1.82, 2.24) is 0 Å². The highest BCUT2D eigenvalue weighted by molar-refractivity contribution is 5.93. The number of hydrogen-bond donors (Lipinski definition) is 0. The molecule has 0 spiro atoms. The number of terminal acetylenes is 1. The van der Waals surface area contributed by atoms with E-state index >= 15 is 0 Å². The summed E-state index contributed by atoms with van der Waals surface area (Å²) in [5, 5.41) is 0. The standard InChI is InChI=1S/C33H34O4/c1-5-27(19-14-20-29(6-2)36-31(34)25-17-12-9-13-18-25)33(3,4)28-21-23-30(24-22-28)37-32(35)26-15-10-7-8-11-16-26/h2,5,7,10-12,14-18,20-24,29H,8-9,13,19H2,1,3-4H3/b20-14-,27-5+. The Balaban J connectivity index is 1.61. The van der Waals surface area contributed by atoms with E-state index in [2.05, 4.69) is 25.8 Å². The normalized spacial score (nSPS) is 16.4. The Kier molecular flexibility index (Phi) is 9.86. The number of carbonyl (C=O) groups excluding carboxylic acids is 2. The molecule has 0 fully saturated rings. The molecule has 190 valence electrons. The number of ether oxygens (including phenoxy) is 2. The molecule has 3 rings (SSSR count). The van der Waals surface area contributed by atoms with Crippen molar-refractivity contribution in [3.63, 3.8) is 0 Å². The van der Waals surface area contributed by atoms with Gasteiger partial charge in [0.1, 0.15) is 5.75 Å². The van der Waals surface area contributed by atoms with Crippen LogP contribution in [0, 0.1) is 12.3 Å². The van der Waals surface area contributed by atoms with Gasteiger partial charge in [-0.05, 0) is 62.5 Å². The van der Waals surface area contributed by atoms with Crippen molar-refractivity contribution < 1.29 is 19.1 Å². The summed E-state index contributed by atoms with van der Waals surface area (Å²) >= 11 is 0. The highest BCUT2D eigenvalue weighted by Crippen LogP contribution is 2.34. The topological polar surface area (TPSA) is 52.6 Å². The zero-order chi connectivity index (χ0) is 26.7. The smallest absolute Gasteiger partial charge is 0.343 e. The van der Waals surface area contributed by atoms with Gasteiger partial charge >= 0.3 is 11.9 Å². The van der Waals surface area contributed by atoms with E-state index in [1.807, 2.05) is 67.6 Å². The lowest BCUT2D eigenvalue weighted by molar-refractivity contribution is -0.139. The molecule has 1 unspecified atom stereocenters. The molecule has 0 heterocycles. The maximum absolute atomic E-state index is 12.5. The second-order valence-electron chi connectivity index (χ2n) is 9.31. The monoisotopic (exact) mass is 494 g/mol. The molecule has 1 aromatic carbocycles. The van der Waals surface area contributed by atoms with Gasteiger partial charge in [-0.1, -0.05) is 92.2 Å². The Bertz CT molecular complexity index is 1240. The van der Waals surface area contributed by atoms with Crippen LogP contribution in [0.5, 0.6) is 5.75 Å². The van der Waals surface area contributed by atoms with Crippen molar-refractivity contribution in [3.8, 4) is 18.1 Å². The molecule has 1 atom stereocenters. The molecular weight excluding hydrogens is 460 g/mol. The van der Waals surface area contributed by atoms with E-state index in [0.717, 1.165) is 24.8 Å². The number of rotatable bonds is 9. The highest BCUT2D eigenvalue weighted by atomic mass is 16.5. The number of esters is 2. The van der Waals surface area contributed by atoms with Crippen LogP contribution in [0.4, 0.5) is 0 Å². The van der Waals surface area contributed by atoms with Crippen LogP contribution in [0.3, 0.4) is 0 Å². The Morgan fingerprint density at radius 3 is 2.49 bits per heavy atom. The number of benzene rings is 1. The van der Waals surface area contributed by atoms with Gasteiger partial charge in [-0.25, -0.2) is 9.59 Å². The van der Waals surface area contributed by atoms with Crippen molar-refractivity contribution in [2.24, 2.45) is 0 Å². The average Bonchev–Trinajstić information content (AvgIpc) is 3.21. The number of allylic oxidation sites excluding steroid dienone is 9. The molecule has 0 amide bonds. The van der Waals surface area contributed by atoms with E-state index in [9.17, 15) is 9.59 Å². The van der Waals surface area contributed by atoms with E-state index in [-0.39, 0.29) is 11.4 Å². The zero-order valence-corrected chi connectivity index (χ0v) is 21.8. The summed E-state index contributed by atoms with van der Waals surface area (Å²) in [7, 11) is 0. The van der Waals surface area contributed by atoms with Gasteiger partial charge in [0.15, 0.2) is 6.10 Å². The summed E-state index contributed by atoms with van der Waals surface area (Å²) in [4.78, 5) is 24.8.